The van der Waals surface area contributed by atoms with Gasteiger partial charge in [0.1, 0.15) is 0 Å². The van der Waals surface area contributed by atoms with E-state index in [0.29, 0.717) is 23.4 Å². The van der Waals surface area contributed by atoms with Crippen molar-refractivity contribution in [3.63, 3.8) is 0 Å². The van der Waals surface area contributed by atoms with Crippen LogP contribution in [0.4, 0.5) is 0 Å². The zero-order chi connectivity index (χ0) is 15.2. The third kappa shape index (κ3) is 4.51. The molecule has 0 unspecified atom stereocenters. The molecule has 110 valence electrons. The van der Waals surface area contributed by atoms with Crippen molar-refractivity contribution in [3.8, 4) is 0 Å². The fourth-order valence-electron chi connectivity index (χ4n) is 1.70. The Balaban J connectivity index is 1.91. The predicted octanol–water partition coefficient (Wildman–Crippen LogP) is 2.58. The second-order valence-electron chi connectivity index (χ2n) is 4.24. The average molecular weight is 322 g/mol. The second kappa shape index (κ2) is 7.14. The summed E-state index contributed by atoms with van der Waals surface area (Å²) < 4.78 is 0. The number of carboxylic acid groups (broad SMARTS) is 1. The van der Waals surface area contributed by atoms with E-state index in [1.165, 1.54) is 17.4 Å². The highest BCUT2D eigenvalue weighted by Gasteiger charge is 2.11. The monoisotopic (exact) mass is 322 g/mol. The van der Waals surface area contributed by atoms with E-state index >= 15 is 0 Å². The standard InChI is InChI=1S/C14H14N2O3S2/c1-9-16-11(8-21-9)4-6-15-14(19)13-10(5-7-20-13)2-3-12(17)18/h2-3,5,7-8H,4,6H2,1H3,(H,15,19)(H,17,18)/b3-2+. The maximum absolute atomic E-state index is 12.1. The van der Waals surface area contributed by atoms with Gasteiger partial charge in [0.15, 0.2) is 0 Å². The summed E-state index contributed by atoms with van der Waals surface area (Å²) in [6.45, 7) is 2.45. The number of aromatic nitrogens is 1. The maximum atomic E-state index is 12.1. The van der Waals surface area contributed by atoms with E-state index in [0.717, 1.165) is 16.8 Å². The van der Waals surface area contributed by atoms with Crippen LogP contribution in [0.3, 0.4) is 0 Å². The largest absolute Gasteiger partial charge is 0.478 e. The van der Waals surface area contributed by atoms with Gasteiger partial charge < -0.3 is 10.4 Å². The van der Waals surface area contributed by atoms with Crippen molar-refractivity contribution in [1.29, 1.82) is 0 Å². The third-order valence-corrected chi connectivity index (χ3v) is 4.39. The van der Waals surface area contributed by atoms with Crippen LogP contribution >= 0.6 is 22.7 Å². The Morgan fingerprint density at radius 2 is 2.24 bits per heavy atom. The summed E-state index contributed by atoms with van der Waals surface area (Å²) in [5.74, 6) is -1.23. The van der Waals surface area contributed by atoms with E-state index in [1.54, 1.807) is 22.8 Å². The van der Waals surface area contributed by atoms with Gasteiger partial charge in [-0.2, -0.15) is 0 Å². The number of carboxylic acids is 1. The van der Waals surface area contributed by atoms with Crippen LogP contribution in [0.1, 0.15) is 25.9 Å². The minimum absolute atomic E-state index is 0.193. The number of carbonyl (C=O) groups is 2. The molecule has 0 saturated carbocycles. The summed E-state index contributed by atoms with van der Waals surface area (Å²) in [7, 11) is 0. The van der Waals surface area contributed by atoms with Gasteiger partial charge in [-0.25, -0.2) is 9.78 Å². The lowest BCUT2D eigenvalue weighted by Gasteiger charge is -2.03. The molecule has 2 N–H and O–H groups in total. The van der Waals surface area contributed by atoms with E-state index in [4.69, 9.17) is 5.11 Å². The summed E-state index contributed by atoms with van der Waals surface area (Å²) in [6.07, 6.45) is 3.14. The topological polar surface area (TPSA) is 79.3 Å². The summed E-state index contributed by atoms with van der Waals surface area (Å²) in [5.41, 5.74) is 1.58. The number of aliphatic carboxylic acids is 1. The molecule has 21 heavy (non-hydrogen) atoms. The van der Waals surface area contributed by atoms with Crippen molar-refractivity contribution in [1.82, 2.24) is 10.3 Å². The van der Waals surface area contributed by atoms with Crippen LogP contribution < -0.4 is 5.32 Å². The molecule has 0 fully saturated rings. The Bertz CT molecular complexity index is 673. The van der Waals surface area contributed by atoms with Gasteiger partial charge in [0.25, 0.3) is 5.91 Å². The van der Waals surface area contributed by atoms with E-state index < -0.39 is 5.97 Å². The van der Waals surface area contributed by atoms with Crippen LogP contribution in [-0.2, 0) is 11.2 Å². The number of hydrogen-bond donors (Lipinski definition) is 2. The molecule has 0 atom stereocenters. The van der Waals surface area contributed by atoms with E-state index in [9.17, 15) is 9.59 Å². The van der Waals surface area contributed by atoms with Crippen molar-refractivity contribution in [2.24, 2.45) is 0 Å². The first kappa shape index (κ1) is 15.4. The highest BCUT2D eigenvalue weighted by molar-refractivity contribution is 7.12. The van der Waals surface area contributed by atoms with Gasteiger partial charge in [0.05, 0.1) is 15.6 Å². The third-order valence-electron chi connectivity index (χ3n) is 2.64. The zero-order valence-corrected chi connectivity index (χ0v) is 13.0. The molecule has 5 nitrogen and oxygen atoms in total. The molecule has 0 aliphatic heterocycles. The Labute approximate surface area is 130 Å². The number of aryl methyl sites for hydroxylation is 1. The van der Waals surface area contributed by atoms with Gasteiger partial charge in [-0.05, 0) is 30.0 Å². The number of amides is 1. The van der Waals surface area contributed by atoms with Crippen LogP contribution in [-0.4, -0.2) is 28.5 Å². The molecule has 0 aliphatic carbocycles. The summed E-state index contributed by atoms with van der Waals surface area (Å²) >= 11 is 2.88. The molecule has 0 bridgehead atoms. The Hall–Kier alpha value is -1.99. The van der Waals surface area contributed by atoms with E-state index in [2.05, 4.69) is 10.3 Å². The van der Waals surface area contributed by atoms with Crippen molar-refractivity contribution >= 4 is 40.6 Å². The molecule has 0 saturated heterocycles. The van der Waals surface area contributed by atoms with Crippen LogP contribution in [0, 0.1) is 6.92 Å². The van der Waals surface area contributed by atoms with Gasteiger partial charge in [0, 0.05) is 24.4 Å². The molecule has 2 aromatic heterocycles. The normalized spacial score (nSPS) is 10.9. The lowest BCUT2D eigenvalue weighted by atomic mass is 10.2. The quantitative estimate of drug-likeness (QED) is 0.801. The second-order valence-corrected chi connectivity index (χ2v) is 6.22. The van der Waals surface area contributed by atoms with Gasteiger partial charge in [-0.1, -0.05) is 0 Å². The number of thiazole rings is 1. The zero-order valence-electron chi connectivity index (χ0n) is 11.3. The highest BCUT2D eigenvalue weighted by Crippen LogP contribution is 2.18. The SMILES string of the molecule is Cc1nc(CCNC(=O)c2sccc2/C=C/C(=O)O)cs1. The summed E-state index contributed by atoms with van der Waals surface area (Å²) in [5, 5.41) is 16.2. The van der Waals surface area contributed by atoms with Crippen molar-refractivity contribution in [2.45, 2.75) is 13.3 Å². The van der Waals surface area contributed by atoms with Gasteiger partial charge in [0.2, 0.25) is 0 Å². The number of nitrogens with one attached hydrogen (secondary N) is 1. The van der Waals surface area contributed by atoms with Crippen LogP contribution in [0.15, 0.2) is 22.9 Å². The summed E-state index contributed by atoms with van der Waals surface area (Å²) in [4.78, 5) is 27.4. The Kier molecular flexibility index (Phi) is 5.24. The molecule has 0 radical (unpaired) electrons. The molecule has 0 spiro atoms. The minimum Gasteiger partial charge on any atom is -0.478 e. The number of hydrogen-bond acceptors (Lipinski definition) is 5. The van der Waals surface area contributed by atoms with E-state index in [1.807, 2.05) is 12.3 Å². The van der Waals surface area contributed by atoms with Crippen LogP contribution in [0.25, 0.3) is 6.08 Å². The number of carbonyl (C=O) groups excluding carboxylic acids is 1. The molecular formula is C14H14N2O3S2. The first-order chi connectivity index (χ1) is 10.1. The number of nitrogens with zero attached hydrogens (tertiary/aromatic N) is 1. The number of rotatable bonds is 6. The fraction of sp³-hybridized carbons (Fsp3) is 0.214. The van der Waals surface area contributed by atoms with Crippen molar-refractivity contribution < 1.29 is 14.7 Å². The van der Waals surface area contributed by atoms with E-state index in [-0.39, 0.29) is 5.91 Å². The predicted molar refractivity (Wildman–Crippen MR) is 83.9 cm³/mol. The van der Waals surface area contributed by atoms with Gasteiger partial charge in [-0.15, -0.1) is 22.7 Å². The molecule has 2 heterocycles. The first-order valence-corrected chi connectivity index (χ1v) is 8.00. The fourth-order valence-corrected chi connectivity index (χ4v) is 3.15. The molecule has 0 aliphatic rings. The maximum Gasteiger partial charge on any atom is 0.328 e. The van der Waals surface area contributed by atoms with Crippen LogP contribution in [0.5, 0.6) is 0 Å². The molecule has 2 rings (SSSR count). The minimum atomic E-state index is -1.04. The smallest absolute Gasteiger partial charge is 0.328 e. The highest BCUT2D eigenvalue weighted by atomic mass is 32.1. The van der Waals surface area contributed by atoms with Gasteiger partial charge in [-0.3, -0.25) is 4.79 Å². The molecule has 7 heteroatoms. The van der Waals surface area contributed by atoms with Crippen LogP contribution in [0.2, 0.25) is 0 Å². The molecule has 1 amide bonds. The lowest BCUT2D eigenvalue weighted by molar-refractivity contribution is -0.131. The Morgan fingerprint density at radius 3 is 2.90 bits per heavy atom. The molecule has 0 aromatic carbocycles. The van der Waals surface area contributed by atoms with Crippen molar-refractivity contribution in [2.75, 3.05) is 6.54 Å². The lowest BCUT2D eigenvalue weighted by Crippen LogP contribution is -2.25. The molecular weight excluding hydrogens is 308 g/mol. The summed E-state index contributed by atoms with van der Waals surface area (Å²) in [6, 6.07) is 1.73. The average Bonchev–Trinajstić information content (AvgIpc) is 3.05. The van der Waals surface area contributed by atoms with Crippen molar-refractivity contribution in [3.05, 3.63) is 44.0 Å². The molecule has 2 aromatic rings. The number of thiophene rings is 1. The first-order valence-electron chi connectivity index (χ1n) is 6.24. The Morgan fingerprint density at radius 1 is 1.43 bits per heavy atom. The van der Waals surface area contributed by atoms with Gasteiger partial charge >= 0.3 is 5.97 Å².